The van der Waals surface area contributed by atoms with E-state index in [1.165, 1.54) is 5.56 Å². The SMILES string of the molecule is CCn1cc(NC(=O)CCn2ncc3c(C)cccc32)cn1. The number of rotatable bonds is 5. The number of hydrogen-bond acceptors (Lipinski definition) is 3. The highest BCUT2D eigenvalue weighted by Gasteiger charge is 2.08. The average Bonchev–Trinajstić information content (AvgIpc) is 3.12. The highest BCUT2D eigenvalue weighted by molar-refractivity contribution is 5.90. The van der Waals surface area contributed by atoms with Crippen LogP contribution in [0.5, 0.6) is 0 Å². The molecule has 1 amide bonds. The second-order valence-corrected chi connectivity index (χ2v) is 5.26. The van der Waals surface area contributed by atoms with Crippen molar-refractivity contribution in [3.05, 3.63) is 42.4 Å². The predicted molar refractivity (Wildman–Crippen MR) is 85.6 cm³/mol. The summed E-state index contributed by atoms with van der Waals surface area (Å²) < 4.78 is 3.65. The molecule has 2 aromatic heterocycles. The third-order valence-electron chi connectivity index (χ3n) is 3.70. The lowest BCUT2D eigenvalue weighted by molar-refractivity contribution is -0.116. The number of nitrogens with zero attached hydrogens (tertiary/aromatic N) is 4. The lowest BCUT2D eigenvalue weighted by Gasteiger charge is -2.05. The van der Waals surface area contributed by atoms with E-state index in [9.17, 15) is 4.79 Å². The van der Waals surface area contributed by atoms with Crippen LogP contribution in [0.2, 0.25) is 0 Å². The van der Waals surface area contributed by atoms with E-state index in [-0.39, 0.29) is 5.91 Å². The molecular weight excluding hydrogens is 278 g/mol. The number of nitrogens with one attached hydrogen (secondary N) is 1. The van der Waals surface area contributed by atoms with E-state index >= 15 is 0 Å². The first-order chi connectivity index (χ1) is 10.7. The molecule has 0 spiro atoms. The third-order valence-corrected chi connectivity index (χ3v) is 3.70. The summed E-state index contributed by atoms with van der Waals surface area (Å²) in [5.74, 6) is -0.0352. The smallest absolute Gasteiger partial charge is 0.226 e. The Kier molecular flexibility index (Phi) is 3.91. The van der Waals surface area contributed by atoms with Crippen molar-refractivity contribution in [2.45, 2.75) is 33.4 Å². The minimum atomic E-state index is -0.0352. The molecule has 0 atom stereocenters. The van der Waals surface area contributed by atoms with Crippen molar-refractivity contribution in [3.63, 3.8) is 0 Å². The highest BCUT2D eigenvalue weighted by Crippen LogP contribution is 2.17. The normalized spacial score (nSPS) is 11.0. The molecule has 6 heteroatoms. The maximum atomic E-state index is 12.0. The molecule has 1 N–H and O–H groups in total. The van der Waals surface area contributed by atoms with Crippen LogP contribution >= 0.6 is 0 Å². The molecule has 0 saturated heterocycles. The number of anilines is 1. The molecule has 3 aromatic rings. The van der Waals surface area contributed by atoms with Gasteiger partial charge in [0.2, 0.25) is 5.91 Å². The van der Waals surface area contributed by atoms with Gasteiger partial charge in [-0.2, -0.15) is 10.2 Å². The molecule has 0 radical (unpaired) electrons. The van der Waals surface area contributed by atoms with Crippen molar-refractivity contribution in [1.82, 2.24) is 19.6 Å². The summed E-state index contributed by atoms with van der Waals surface area (Å²) in [5, 5.41) is 12.5. The van der Waals surface area contributed by atoms with Gasteiger partial charge in [-0.1, -0.05) is 12.1 Å². The quantitative estimate of drug-likeness (QED) is 0.787. The Bertz CT molecular complexity index is 802. The maximum Gasteiger partial charge on any atom is 0.226 e. The van der Waals surface area contributed by atoms with Crippen LogP contribution in [0, 0.1) is 6.92 Å². The average molecular weight is 297 g/mol. The monoisotopic (exact) mass is 297 g/mol. The molecule has 0 unspecified atom stereocenters. The molecule has 2 heterocycles. The van der Waals surface area contributed by atoms with Gasteiger partial charge in [-0.25, -0.2) is 0 Å². The van der Waals surface area contributed by atoms with Crippen LogP contribution in [0.4, 0.5) is 5.69 Å². The summed E-state index contributed by atoms with van der Waals surface area (Å²) in [4.78, 5) is 12.0. The number of carbonyl (C=O) groups excluding carboxylic acids is 1. The summed E-state index contributed by atoms with van der Waals surface area (Å²) in [5.41, 5.74) is 2.99. The maximum absolute atomic E-state index is 12.0. The number of carbonyl (C=O) groups is 1. The molecular formula is C16H19N5O. The van der Waals surface area contributed by atoms with E-state index in [0.29, 0.717) is 13.0 Å². The lowest BCUT2D eigenvalue weighted by Crippen LogP contribution is -2.14. The van der Waals surface area contributed by atoms with E-state index in [4.69, 9.17) is 0 Å². The van der Waals surface area contributed by atoms with Gasteiger partial charge in [-0.3, -0.25) is 14.2 Å². The second-order valence-electron chi connectivity index (χ2n) is 5.26. The number of aromatic nitrogens is 4. The van der Waals surface area contributed by atoms with Gasteiger partial charge in [-0.15, -0.1) is 0 Å². The Morgan fingerprint density at radius 3 is 2.91 bits per heavy atom. The van der Waals surface area contributed by atoms with Crippen molar-refractivity contribution in [1.29, 1.82) is 0 Å². The Balaban J connectivity index is 1.63. The van der Waals surface area contributed by atoms with Crippen LogP contribution in [0.1, 0.15) is 18.9 Å². The number of benzene rings is 1. The molecule has 3 rings (SSSR count). The van der Waals surface area contributed by atoms with Gasteiger partial charge in [-0.05, 0) is 25.5 Å². The van der Waals surface area contributed by atoms with Crippen LogP contribution in [-0.4, -0.2) is 25.5 Å². The Hall–Kier alpha value is -2.63. The van der Waals surface area contributed by atoms with Gasteiger partial charge in [0.25, 0.3) is 0 Å². The summed E-state index contributed by atoms with van der Waals surface area (Å²) in [6, 6.07) is 6.10. The fourth-order valence-electron chi connectivity index (χ4n) is 2.46. The minimum Gasteiger partial charge on any atom is -0.323 e. The molecule has 0 bridgehead atoms. The molecule has 0 aliphatic rings. The van der Waals surface area contributed by atoms with E-state index in [2.05, 4.69) is 28.5 Å². The molecule has 0 aliphatic heterocycles. The summed E-state index contributed by atoms with van der Waals surface area (Å²) in [6.45, 7) is 5.41. The van der Waals surface area contributed by atoms with Crippen LogP contribution in [0.25, 0.3) is 10.9 Å². The largest absolute Gasteiger partial charge is 0.323 e. The fourth-order valence-corrected chi connectivity index (χ4v) is 2.46. The first-order valence-corrected chi connectivity index (χ1v) is 7.41. The van der Waals surface area contributed by atoms with Crippen LogP contribution in [-0.2, 0) is 17.9 Å². The van der Waals surface area contributed by atoms with Gasteiger partial charge < -0.3 is 5.32 Å². The highest BCUT2D eigenvalue weighted by atomic mass is 16.1. The van der Waals surface area contributed by atoms with E-state index in [1.807, 2.05) is 36.1 Å². The van der Waals surface area contributed by atoms with E-state index in [1.54, 1.807) is 10.9 Å². The Labute approximate surface area is 128 Å². The van der Waals surface area contributed by atoms with Crippen LogP contribution in [0.3, 0.4) is 0 Å². The topological polar surface area (TPSA) is 64.7 Å². The fraction of sp³-hybridized carbons (Fsp3) is 0.312. The Morgan fingerprint density at radius 1 is 1.27 bits per heavy atom. The van der Waals surface area contributed by atoms with Gasteiger partial charge in [0.05, 0.1) is 30.1 Å². The van der Waals surface area contributed by atoms with E-state index in [0.717, 1.165) is 23.1 Å². The summed E-state index contributed by atoms with van der Waals surface area (Å²) >= 11 is 0. The van der Waals surface area contributed by atoms with Gasteiger partial charge in [0, 0.05) is 24.5 Å². The van der Waals surface area contributed by atoms with Gasteiger partial charge in [0.1, 0.15) is 0 Å². The molecule has 6 nitrogen and oxygen atoms in total. The first-order valence-electron chi connectivity index (χ1n) is 7.41. The molecule has 1 aromatic carbocycles. The summed E-state index contributed by atoms with van der Waals surface area (Å²) in [6.07, 6.45) is 5.72. The van der Waals surface area contributed by atoms with Crippen LogP contribution < -0.4 is 5.32 Å². The zero-order chi connectivity index (χ0) is 15.5. The zero-order valence-corrected chi connectivity index (χ0v) is 12.8. The zero-order valence-electron chi connectivity index (χ0n) is 12.8. The van der Waals surface area contributed by atoms with Crippen molar-refractivity contribution in [3.8, 4) is 0 Å². The number of hydrogen-bond donors (Lipinski definition) is 1. The number of fused-ring (bicyclic) bond motifs is 1. The molecule has 0 saturated carbocycles. The minimum absolute atomic E-state index is 0.0352. The van der Waals surface area contributed by atoms with E-state index < -0.39 is 0 Å². The van der Waals surface area contributed by atoms with Gasteiger partial charge in [0.15, 0.2) is 0 Å². The molecule has 0 fully saturated rings. The Morgan fingerprint density at radius 2 is 2.14 bits per heavy atom. The van der Waals surface area contributed by atoms with Gasteiger partial charge >= 0.3 is 0 Å². The van der Waals surface area contributed by atoms with Crippen LogP contribution in [0.15, 0.2) is 36.8 Å². The molecule has 22 heavy (non-hydrogen) atoms. The van der Waals surface area contributed by atoms with Crippen molar-refractivity contribution in [2.24, 2.45) is 0 Å². The number of aryl methyl sites for hydroxylation is 3. The van der Waals surface area contributed by atoms with Crippen molar-refractivity contribution in [2.75, 3.05) is 5.32 Å². The predicted octanol–water partition coefficient (Wildman–Crippen LogP) is 2.59. The second kappa shape index (κ2) is 6.01. The van der Waals surface area contributed by atoms with Crippen molar-refractivity contribution >= 4 is 22.5 Å². The number of amides is 1. The molecule has 0 aliphatic carbocycles. The first kappa shape index (κ1) is 14.3. The lowest BCUT2D eigenvalue weighted by atomic mass is 10.1. The summed E-state index contributed by atoms with van der Waals surface area (Å²) in [7, 11) is 0. The standard InChI is InChI=1S/C16H19N5O/c1-3-20-11-13(9-17-20)19-16(22)7-8-21-15-6-4-5-12(2)14(15)10-18-21/h4-6,9-11H,3,7-8H2,1-2H3,(H,19,22). The molecule has 114 valence electrons. The van der Waals surface area contributed by atoms with Crippen molar-refractivity contribution < 1.29 is 4.79 Å². The third kappa shape index (κ3) is 2.86.